The summed E-state index contributed by atoms with van der Waals surface area (Å²) in [5.41, 5.74) is 2.46. The van der Waals surface area contributed by atoms with E-state index < -0.39 is 0 Å². The van der Waals surface area contributed by atoms with Crippen LogP contribution >= 0.6 is 0 Å². The van der Waals surface area contributed by atoms with Gasteiger partial charge in [-0.05, 0) is 42.7 Å². The van der Waals surface area contributed by atoms with Crippen molar-refractivity contribution in [2.24, 2.45) is 0 Å². The number of hydrogen-bond donors (Lipinski definition) is 1. The third-order valence-corrected chi connectivity index (χ3v) is 5.89. The summed E-state index contributed by atoms with van der Waals surface area (Å²) in [7, 11) is 4.66. The third-order valence-electron chi connectivity index (χ3n) is 5.89. The van der Waals surface area contributed by atoms with Crippen molar-refractivity contribution in [2.45, 2.75) is 25.3 Å². The number of aromatic nitrogens is 2. The number of benzene rings is 2. The number of methoxy groups -OCH3 is 3. The molecular formula is C23H27N3O5. The van der Waals surface area contributed by atoms with E-state index in [-0.39, 0.29) is 24.1 Å². The number of ether oxygens (including phenoxy) is 3. The van der Waals surface area contributed by atoms with Crippen LogP contribution in [0.4, 0.5) is 0 Å². The highest BCUT2D eigenvalue weighted by Crippen LogP contribution is 2.38. The van der Waals surface area contributed by atoms with Crippen molar-refractivity contribution in [3.8, 4) is 17.2 Å². The summed E-state index contributed by atoms with van der Waals surface area (Å²) in [5, 5.41) is 0. The lowest BCUT2D eigenvalue weighted by Crippen LogP contribution is -2.41. The maximum Gasteiger partial charge on any atom is 0.326 e. The van der Waals surface area contributed by atoms with Crippen molar-refractivity contribution in [1.82, 2.24) is 14.5 Å². The van der Waals surface area contributed by atoms with E-state index in [1.807, 2.05) is 33.7 Å². The normalized spacial score (nSPS) is 14.6. The second-order valence-electron chi connectivity index (χ2n) is 7.64. The molecule has 3 aromatic rings. The summed E-state index contributed by atoms with van der Waals surface area (Å²) in [6, 6.07) is 11.4. The number of rotatable bonds is 6. The van der Waals surface area contributed by atoms with Gasteiger partial charge in [0.1, 0.15) is 0 Å². The summed E-state index contributed by atoms with van der Waals surface area (Å²) in [4.78, 5) is 30.2. The van der Waals surface area contributed by atoms with Crippen molar-refractivity contribution in [1.29, 1.82) is 0 Å². The number of H-pyrrole nitrogens is 1. The van der Waals surface area contributed by atoms with E-state index in [1.54, 1.807) is 33.5 Å². The average Bonchev–Trinajstić information content (AvgIpc) is 3.14. The number of likely N-dealkylation sites (tertiary alicyclic amines) is 1. The molecule has 0 aliphatic carbocycles. The van der Waals surface area contributed by atoms with Crippen LogP contribution in [0.5, 0.6) is 17.2 Å². The number of fused-ring (bicyclic) bond motifs is 1. The summed E-state index contributed by atoms with van der Waals surface area (Å²) in [6.07, 6.45) is 1.72. The summed E-state index contributed by atoms with van der Waals surface area (Å²) < 4.78 is 17.9. The molecule has 31 heavy (non-hydrogen) atoms. The first-order valence-corrected chi connectivity index (χ1v) is 10.3. The van der Waals surface area contributed by atoms with Gasteiger partial charge in [-0.3, -0.25) is 9.36 Å². The zero-order chi connectivity index (χ0) is 22.0. The molecule has 0 saturated carbocycles. The fourth-order valence-electron chi connectivity index (χ4n) is 4.33. The first-order chi connectivity index (χ1) is 15.0. The van der Waals surface area contributed by atoms with E-state index in [1.165, 1.54) is 0 Å². The number of piperidine rings is 1. The van der Waals surface area contributed by atoms with Crippen LogP contribution in [0.1, 0.15) is 24.4 Å². The number of carbonyl (C=O) groups is 1. The molecule has 4 rings (SSSR count). The molecule has 0 bridgehead atoms. The minimum absolute atomic E-state index is 0.0407. The van der Waals surface area contributed by atoms with Crippen LogP contribution in [0.15, 0.2) is 41.2 Å². The number of para-hydroxylation sites is 2. The van der Waals surface area contributed by atoms with Gasteiger partial charge in [-0.1, -0.05) is 12.1 Å². The molecule has 0 atom stereocenters. The Morgan fingerprint density at radius 3 is 2.29 bits per heavy atom. The first kappa shape index (κ1) is 20.8. The van der Waals surface area contributed by atoms with E-state index in [0.717, 1.165) is 29.4 Å². The Balaban J connectivity index is 1.45. The molecule has 1 N–H and O–H groups in total. The standard InChI is InChI=1S/C23H27N3O5/c1-29-19-12-15(13-20(30-2)22(19)31-3)14-21(27)25-10-8-16(9-11-25)26-18-7-5-4-6-17(18)24-23(26)28/h4-7,12-13,16H,8-11,14H2,1-3H3,(H,24,28). The highest BCUT2D eigenvalue weighted by molar-refractivity contribution is 5.79. The molecule has 1 amide bonds. The van der Waals surface area contributed by atoms with Gasteiger partial charge in [-0.2, -0.15) is 0 Å². The molecule has 2 aromatic carbocycles. The average molecular weight is 425 g/mol. The van der Waals surface area contributed by atoms with Crippen LogP contribution in [0.3, 0.4) is 0 Å². The number of nitrogens with one attached hydrogen (secondary N) is 1. The maximum absolute atomic E-state index is 12.9. The lowest BCUT2D eigenvalue weighted by Gasteiger charge is -2.32. The van der Waals surface area contributed by atoms with E-state index >= 15 is 0 Å². The van der Waals surface area contributed by atoms with Crippen molar-refractivity contribution in [3.05, 3.63) is 52.4 Å². The van der Waals surface area contributed by atoms with Gasteiger partial charge in [0.25, 0.3) is 0 Å². The number of aromatic amines is 1. The second kappa shape index (κ2) is 8.75. The minimum Gasteiger partial charge on any atom is -0.493 e. The molecule has 8 heteroatoms. The lowest BCUT2D eigenvalue weighted by molar-refractivity contribution is -0.131. The zero-order valence-electron chi connectivity index (χ0n) is 18.0. The Bertz CT molecular complexity index is 1120. The van der Waals surface area contributed by atoms with E-state index in [0.29, 0.717) is 30.3 Å². The van der Waals surface area contributed by atoms with Crippen LogP contribution in [0, 0.1) is 0 Å². The van der Waals surface area contributed by atoms with Crippen LogP contribution in [0.25, 0.3) is 11.0 Å². The van der Waals surface area contributed by atoms with Crippen molar-refractivity contribution in [2.75, 3.05) is 34.4 Å². The Hall–Kier alpha value is -3.42. The molecule has 1 aliphatic heterocycles. The number of nitrogens with zero attached hydrogens (tertiary/aromatic N) is 2. The van der Waals surface area contributed by atoms with Gasteiger partial charge < -0.3 is 24.1 Å². The van der Waals surface area contributed by atoms with Crippen LogP contribution in [-0.4, -0.2) is 54.8 Å². The molecule has 1 aliphatic rings. The van der Waals surface area contributed by atoms with Gasteiger partial charge in [0.2, 0.25) is 11.7 Å². The highest BCUT2D eigenvalue weighted by Gasteiger charge is 2.26. The molecular weight excluding hydrogens is 398 g/mol. The molecule has 1 aromatic heterocycles. The third kappa shape index (κ3) is 3.97. The van der Waals surface area contributed by atoms with Crippen molar-refractivity contribution < 1.29 is 19.0 Å². The number of hydrogen-bond acceptors (Lipinski definition) is 5. The molecule has 164 valence electrons. The van der Waals surface area contributed by atoms with Gasteiger partial charge >= 0.3 is 5.69 Å². The monoisotopic (exact) mass is 425 g/mol. The van der Waals surface area contributed by atoms with Crippen LogP contribution in [-0.2, 0) is 11.2 Å². The topological polar surface area (TPSA) is 85.8 Å². The van der Waals surface area contributed by atoms with Gasteiger partial charge in [0.15, 0.2) is 11.5 Å². The first-order valence-electron chi connectivity index (χ1n) is 10.3. The Labute approximate surface area is 180 Å². The quantitative estimate of drug-likeness (QED) is 0.656. The molecule has 1 saturated heterocycles. The summed E-state index contributed by atoms with van der Waals surface area (Å²) in [6.45, 7) is 1.22. The van der Waals surface area contributed by atoms with E-state index in [4.69, 9.17) is 14.2 Å². The fourth-order valence-corrected chi connectivity index (χ4v) is 4.33. The summed E-state index contributed by atoms with van der Waals surface area (Å²) in [5.74, 6) is 1.61. The van der Waals surface area contributed by atoms with Gasteiger partial charge in [-0.15, -0.1) is 0 Å². The lowest BCUT2D eigenvalue weighted by atomic mass is 10.0. The Kier molecular flexibility index (Phi) is 5.88. The van der Waals surface area contributed by atoms with E-state index in [2.05, 4.69) is 4.98 Å². The van der Waals surface area contributed by atoms with E-state index in [9.17, 15) is 9.59 Å². The maximum atomic E-state index is 12.9. The summed E-state index contributed by atoms with van der Waals surface area (Å²) >= 11 is 0. The zero-order valence-corrected chi connectivity index (χ0v) is 18.0. The SMILES string of the molecule is COc1cc(CC(=O)N2CCC(n3c(=O)[nH]c4ccccc43)CC2)cc(OC)c1OC. The van der Waals surface area contributed by atoms with Gasteiger partial charge in [0, 0.05) is 19.1 Å². The number of carbonyl (C=O) groups excluding carboxylic acids is 1. The number of amides is 1. The molecule has 0 radical (unpaired) electrons. The van der Waals surface area contributed by atoms with Crippen molar-refractivity contribution in [3.63, 3.8) is 0 Å². The Morgan fingerprint density at radius 1 is 1.03 bits per heavy atom. The second-order valence-corrected chi connectivity index (χ2v) is 7.64. The number of imidazole rings is 1. The van der Waals surface area contributed by atoms with Crippen LogP contribution in [0.2, 0.25) is 0 Å². The van der Waals surface area contributed by atoms with Crippen molar-refractivity contribution >= 4 is 16.9 Å². The highest BCUT2D eigenvalue weighted by atomic mass is 16.5. The Morgan fingerprint density at radius 2 is 1.68 bits per heavy atom. The predicted molar refractivity (Wildman–Crippen MR) is 117 cm³/mol. The van der Waals surface area contributed by atoms with Gasteiger partial charge in [-0.25, -0.2) is 4.79 Å². The smallest absolute Gasteiger partial charge is 0.326 e. The molecule has 2 heterocycles. The molecule has 0 unspecified atom stereocenters. The molecule has 0 spiro atoms. The minimum atomic E-state index is -0.0941. The van der Waals surface area contributed by atoms with Gasteiger partial charge in [0.05, 0.1) is 38.8 Å². The predicted octanol–water partition coefficient (Wildman–Crippen LogP) is 2.76. The largest absolute Gasteiger partial charge is 0.493 e. The molecule has 8 nitrogen and oxygen atoms in total. The van der Waals surface area contributed by atoms with Crippen LogP contribution < -0.4 is 19.9 Å². The fraction of sp³-hybridized carbons (Fsp3) is 0.391. The molecule has 1 fully saturated rings.